The molecule has 0 aromatic heterocycles. The first kappa shape index (κ1) is 21.7. The number of nitro groups is 1. The van der Waals surface area contributed by atoms with Gasteiger partial charge < -0.3 is 10.1 Å². The number of ketones is 1. The molecule has 158 valence electrons. The van der Waals surface area contributed by atoms with E-state index in [1.54, 1.807) is 67.6 Å². The molecule has 1 N–H and O–H groups in total. The summed E-state index contributed by atoms with van der Waals surface area (Å²) in [6, 6.07) is 21.3. The maximum Gasteiger partial charge on any atom is 0.338 e. The van der Waals surface area contributed by atoms with Crippen LogP contribution in [-0.4, -0.2) is 23.3 Å². The average Bonchev–Trinajstić information content (AvgIpc) is 2.80. The van der Waals surface area contributed by atoms with Crippen molar-refractivity contribution >= 4 is 23.1 Å². The third-order valence-electron chi connectivity index (χ3n) is 4.71. The molecule has 1 unspecified atom stereocenters. The van der Waals surface area contributed by atoms with Gasteiger partial charge in [-0.25, -0.2) is 4.79 Å². The second-order valence-electron chi connectivity index (χ2n) is 6.84. The molecular formula is C24H22N2O5. The third kappa shape index (κ3) is 5.76. The lowest BCUT2D eigenvalue weighted by Crippen LogP contribution is -2.16. The second-order valence-corrected chi connectivity index (χ2v) is 6.84. The molecule has 3 aromatic carbocycles. The summed E-state index contributed by atoms with van der Waals surface area (Å²) in [4.78, 5) is 35.4. The van der Waals surface area contributed by atoms with Crippen molar-refractivity contribution in [2.45, 2.75) is 19.4 Å². The maximum absolute atomic E-state index is 12.8. The van der Waals surface area contributed by atoms with Gasteiger partial charge >= 0.3 is 5.97 Å². The Hall–Kier alpha value is -4.00. The number of carbonyl (C=O) groups is 2. The van der Waals surface area contributed by atoms with Crippen LogP contribution in [0.15, 0.2) is 78.9 Å². The van der Waals surface area contributed by atoms with Crippen LogP contribution in [0.1, 0.15) is 45.7 Å². The first-order valence-corrected chi connectivity index (χ1v) is 9.84. The number of anilines is 1. The van der Waals surface area contributed by atoms with Gasteiger partial charge in [0.1, 0.15) is 0 Å². The van der Waals surface area contributed by atoms with E-state index in [-0.39, 0.29) is 24.5 Å². The summed E-state index contributed by atoms with van der Waals surface area (Å²) >= 11 is 0. The van der Waals surface area contributed by atoms with Crippen molar-refractivity contribution in [1.29, 1.82) is 0 Å². The molecule has 0 aliphatic rings. The molecule has 31 heavy (non-hydrogen) atoms. The number of benzene rings is 3. The summed E-state index contributed by atoms with van der Waals surface area (Å²) in [6.07, 6.45) is 0.102. The fourth-order valence-electron chi connectivity index (χ4n) is 3.15. The molecule has 0 fully saturated rings. The molecule has 0 radical (unpaired) electrons. The quantitative estimate of drug-likeness (QED) is 0.222. The zero-order valence-corrected chi connectivity index (χ0v) is 17.0. The highest BCUT2D eigenvalue weighted by Crippen LogP contribution is 2.27. The van der Waals surface area contributed by atoms with Crippen LogP contribution in [0.2, 0.25) is 0 Å². The number of Topliss-reactive ketones (excluding diaryl/α,β-unsaturated/α-hetero) is 1. The first-order chi connectivity index (χ1) is 15.0. The van der Waals surface area contributed by atoms with E-state index in [4.69, 9.17) is 4.74 Å². The first-order valence-electron chi connectivity index (χ1n) is 9.84. The number of rotatable bonds is 9. The Kier molecular flexibility index (Phi) is 7.11. The number of hydrogen-bond acceptors (Lipinski definition) is 6. The predicted molar refractivity (Wildman–Crippen MR) is 117 cm³/mol. The van der Waals surface area contributed by atoms with Gasteiger partial charge in [0.15, 0.2) is 5.78 Å². The molecule has 7 nitrogen and oxygen atoms in total. The third-order valence-corrected chi connectivity index (χ3v) is 4.71. The number of nitrogens with zero attached hydrogens (tertiary/aromatic N) is 1. The van der Waals surface area contributed by atoms with Crippen molar-refractivity contribution in [2.75, 3.05) is 11.9 Å². The molecule has 3 aromatic rings. The van der Waals surface area contributed by atoms with Crippen molar-refractivity contribution in [3.63, 3.8) is 0 Å². The summed E-state index contributed by atoms with van der Waals surface area (Å²) in [5.41, 5.74) is 2.23. The van der Waals surface area contributed by atoms with Crippen LogP contribution in [0.4, 0.5) is 11.4 Å². The fraction of sp³-hybridized carbons (Fsp3) is 0.167. The van der Waals surface area contributed by atoms with Gasteiger partial charge in [-0.15, -0.1) is 0 Å². The Morgan fingerprint density at radius 2 is 1.68 bits per heavy atom. The molecule has 0 aliphatic heterocycles. The van der Waals surface area contributed by atoms with E-state index in [0.29, 0.717) is 22.4 Å². The highest BCUT2D eigenvalue weighted by Gasteiger charge is 2.20. The summed E-state index contributed by atoms with van der Waals surface area (Å²) in [5.74, 6) is -0.503. The Balaban J connectivity index is 1.87. The largest absolute Gasteiger partial charge is 0.462 e. The smallest absolute Gasteiger partial charge is 0.338 e. The molecule has 3 rings (SSSR count). The molecule has 0 aliphatic carbocycles. The van der Waals surface area contributed by atoms with Crippen LogP contribution in [-0.2, 0) is 4.74 Å². The summed E-state index contributed by atoms with van der Waals surface area (Å²) in [6.45, 7) is 2.02. The van der Waals surface area contributed by atoms with E-state index in [2.05, 4.69) is 5.32 Å². The van der Waals surface area contributed by atoms with Gasteiger partial charge in [0.05, 0.1) is 23.1 Å². The number of nitrogens with one attached hydrogen (secondary N) is 1. The Morgan fingerprint density at radius 3 is 2.32 bits per heavy atom. The minimum atomic E-state index is -0.499. The molecule has 0 saturated heterocycles. The van der Waals surface area contributed by atoms with E-state index in [1.165, 1.54) is 12.1 Å². The number of non-ortho nitro benzene ring substituents is 1. The maximum atomic E-state index is 12.8. The SMILES string of the molecule is CCOC(=O)c1ccc(NC(CC(=O)c2ccccc2)c2cccc([N+](=O)[O-])c2)cc1. The van der Waals surface area contributed by atoms with Crippen LogP contribution < -0.4 is 5.32 Å². The van der Waals surface area contributed by atoms with Crippen LogP contribution in [0.3, 0.4) is 0 Å². The van der Waals surface area contributed by atoms with E-state index in [1.807, 2.05) is 6.07 Å². The zero-order valence-electron chi connectivity index (χ0n) is 17.0. The average molecular weight is 418 g/mol. The van der Waals surface area contributed by atoms with Gasteiger partial charge in [0, 0.05) is 29.8 Å². The second kappa shape index (κ2) is 10.2. The molecule has 0 amide bonds. The van der Waals surface area contributed by atoms with Crippen LogP contribution in [0.25, 0.3) is 0 Å². The number of carbonyl (C=O) groups excluding carboxylic acids is 2. The lowest BCUT2D eigenvalue weighted by atomic mass is 9.97. The Bertz CT molecular complexity index is 1060. The topological polar surface area (TPSA) is 98.5 Å². The number of hydrogen-bond donors (Lipinski definition) is 1. The monoisotopic (exact) mass is 418 g/mol. The van der Waals surface area contributed by atoms with Gasteiger partial charge in [-0.3, -0.25) is 14.9 Å². The fourth-order valence-corrected chi connectivity index (χ4v) is 3.15. The van der Waals surface area contributed by atoms with Crippen molar-refractivity contribution < 1.29 is 19.2 Å². The highest BCUT2D eigenvalue weighted by atomic mass is 16.6. The standard InChI is InChI=1S/C24H22N2O5/c1-2-31-24(28)18-11-13-20(14-12-18)25-22(16-23(27)17-7-4-3-5-8-17)19-9-6-10-21(15-19)26(29)30/h3-15,22,25H,2,16H2,1H3. The molecule has 1 atom stereocenters. The minimum Gasteiger partial charge on any atom is -0.462 e. The van der Waals surface area contributed by atoms with Crippen molar-refractivity contribution in [1.82, 2.24) is 0 Å². The number of esters is 1. The van der Waals surface area contributed by atoms with Gasteiger partial charge in [-0.2, -0.15) is 0 Å². The summed E-state index contributed by atoms with van der Waals surface area (Å²) < 4.78 is 4.99. The van der Waals surface area contributed by atoms with Gasteiger partial charge in [0.2, 0.25) is 0 Å². The molecule has 0 spiro atoms. The Labute approximate surface area is 179 Å². The van der Waals surface area contributed by atoms with E-state index < -0.39 is 16.9 Å². The molecular weight excluding hydrogens is 396 g/mol. The Morgan fingerprint density at radius 1 is 0.968 bits per heavy atom. The zero-order chi connectivity index (χ0) is 22.2. The van der Waals surface area contributed by atoms with Crippen LogP contribution in [0.5, 0.6) is 0 Å². The number of nitro benzene ring substituents is 1. The normalized spacial score (nSPS) is 11.4. The van der Waals surface area contributed by atoms with E-state index in [0.717, 1.165) is 0 Å². The lowest BCUT2D eigenvalue weighted by Gasteiger charge is -2.20. The van der Waals surface area contributed by atoms with Gasteiger partial charge in [-0.1, -0.05) is 42.5 Å². The number of ether oxygens (including phenoxy) is 1. The molecule has 0 bridgehead atoms. The lowest BCUT2D eigenvalue weighted by molar-refractivity contribution is -0.384. The van der Waals surface area contributed by atoms with E-state index in [9.17, 15) is 19.7 Å². The minimum absolute atomic E-state index is 0.0471. The summed E-state index contributed by atoms with van der Waals surface area (Å²) in [7, 11) is 0. The van der Waals surface area contributed by atoms with Crippen molar-refractivity contribution in [2.24, 2.45) is 0 Å². The highest BCUT2D eigenvalue weighted by molar-refractivity contribution is 5.96. The van der Waals surface area contributed by atoms with Crippen LogP contribution in [0, 0.1) is 10.1 Å². The van der Waals surface area contributed by atoms with Gasteiger partial charge in [0.25, 0.3) is 5.69 Å². The van der Waals surface area contributed by atoms with Gasteiger partial charge in [-0.05, 0) is 36.8 Å². The van der Waals surface area contributed by atoms with Crippen molar-refractivity contribution in [3.8, 4) is 0 Å². The predicted octanol–water partition coefficient (Wildman–Crippen LogP) is 5.20. The summed E-state index contributed by atoms with van der Waals surface area (Å²) in [5, 5.41) is 14.5. The molecule has 0 heterocycles. The van der Waals surface area contributed by atoms with Crippen LogP contribution >= 0.6 is 0 Å². The molecule has 7 heteroatoms. The van der Waals surface area contributed by atoms with Crippen molar-refractivity contribution in [3.05, 3.63) is 106 Å². The van der Waals surface area contributed by atoms with E-state index >= 15 is 0 Å². The molecule has 0 saturated carbocycles.